The summed E-state index contributed by atoms with van der Waals surface area (Å²) in [6.45, 7) is 3.65. The maximum Gasteiger partial charge on any atom is 0.258 e. The van der Waals surface area contributed by atoms with Gasteiger partial charge in [-0.3, -0.25) is 14.6 Å². The van der Waals surface area contributed by atoms with E-state index in [4.69, 9.17) is 0 Å². The number of carbonyl (C=O) groups excluding carboxylic acids is 1. The molecule has 3 atom stereocenters. The summed E-state index contributed by atoms with van der Waals surface area (Å²) < 4.78 is 14.5. The molecule has 4 rings (SSSR count). The van der Waals surface area contributed by atoms with Crippen LogP contribution in [0.5, 0.6) is 0 Å². The molecule has 2 aromatic rings. The number of nitrogens with zero attached hydrogens (tertiary/aromatic N) is 3. The van der Waals surface area contributed by atoms with Crippen LogP contribution in [0, 0.1) is 29.0 Å². The topological polar surface area (TPSA) is 102 Å². The molecule has 1 amide bonds. The van der Waals surface area contributed by atoms with Gasteiger partial charge >= 0.3 is 0 Å². The third kappa shape index (κ3) is 3.03. The fraction of sp³-hybridized carbons (Fsp3) is 0.400. The van der Waals surface area contributed by atoms with Crippen molar-refractivity contribution in [1.29, 1.82) is 5.26 Å². The summed E-state index contributed by atoms with van der Waals surface area (Å²) in [5.41, 5.74) is -0.214. The number of hydrogen-bond donors (Lipinski definition) is 2. The normalized spacial score (nSPS) is 24.2. The van der Waals surface area contributed by atoms with Crippen LogP contribution in [0.1, 0.15) is 36.8 Å². The second-order valence-corrected chi connectivity index (χ2v) is 7.44. The van der Waals surface area contributed by atoms with Crippen LogP contribution in [-0.4, -0.2) is 29.0 Å². The third-order valence-electron chi connectivity index (χ3n) is 5.45. The van der Waals surface area contributed by atoms with Crippen molar-refractivity contribution < 1.29 is 9.18 Å². The molecule has 7 nitrogen and oxygen atoms in total. The maximum atomic E-state index is 14.5. The third-order valence-corrected chi connectivity index (χ3v) is 5.45. The molecule has 8 heteroatoms. The molecule has 3 heterocycles. The minimum Gasteiger partial charge on any atom is -0.342 e. The highest BCUT2D eigenvalue weighted by Gasteiger charge is 2.41. The molecule has 0 saturated carbocycles. The molecule has 1 aromatic heterocycles. The summed E-state index contributed by atoms with van der Waals surface area (Å²) in [4.78, 5) is 34.7. The van der Waals surface area contributed by atoms with Gasteiger partial charge in [-0.15, -0.1) is 0 Å². The van der Waals surface area contributed by atoms with Crippen LogP contribution in [-0.2, 0) is 4.79 Å². The zero-order valence-corrected chi connectivity index (χ0v) is 15.4. The van der Waals surface area contributed by atoms with E-state index in [1.54, 1.807) is 6.07 Å². The molecule has 1 fully saturated rings. The lowest BCUT2D eigenvalue weighted by Crippen LogP contribution is -2.41. The van der Waals surface area contributed by atoms with Crippen molar-refractivity contribution in [2.24, 2.45) is 11.8 Å². The fourth-order valence-electron chi connectivity index (χ4n) is 4.09. The average molecular weight is 381 g/mol. The van der Waals surface area contributed by atoms with E-state index in [2.05, 4.69) is 22.2 Å². The highest BCUT2D eigenvalue weighted by molar-refractivity contribution is 5.98. The second-order valence-electron chi connectivity index (χ2n) is 7.44. The van der Waals surface area contributed by atoms with Crippen molar-refractivity contribution in [2.45, 2.75) is 25.7 Å². The standard InChI is InChI=1S/C20H20FN5O2/c1-11-5-4-8-26(10-11)20-24-17-16(19(28)25-20)15(13(9-22)18(27)23-17)12-6-2-3-7-14(12)21/h2-3,6-7,11,13,15H,4-5,8,10H2,1H3,(H2,23,24,25,27,28)/t11-,13-,15-/m1/s1. The van der Waals surface area contributed by atoms with Gasteiger partial charge < -0.3 is 10.2 Å². The van der Waals surface area contributed by atoms with E-state index in [1.807, 2.05) is 11.0 Å². The zero-order chi connectivity index (χ0) is 19.8. The van der Waals surface area contributed by atoms with E-state index >= 15 is 0 Å². The summed E-state index contributed by atoms with van der Waals surface area (Å²) in [6.07, 6.45) is 2.10. The van der Waals surface area contributed by atoms with Crippen molar-refractivity contribution in [2.75, 3.05) is 23.3 Å². The highest BCUT2D eigenvalue weighted by atomic mass is 19.1. The largest absolute Gasteiger partial charge is 0.342 e. The minimum atomic E-state index is -1.21. The molecule has 2 aliphatic rings. The number of carbonyl (C=O) groups is 1. The molecular weight excluding hydrogens is 361 g/mol. The predicted molar refractivity (Wildman–Crippen MR) is 101 cm³/mol. The first kappa shape index (κ1) is 18.2. The average Bonchev–Trinajstić information content (AvgIpc) is 2.67. The number of benzene rings is 1. The van der Waals surface area contributed by atoms with Gasteiger partial charge in [0.1, 0.15) is 17.6 Å². The lowest BCUT2D eigenvalue weighted by Gasteiger charge is -2.33. The Labute approximate surface area is 161 Å². The van der Waals surface area contributed by atoms with Crippen molar-refractivity contribution >= 4 is 17.7 Å². The number of H-pyrrole nitrogens is 1. The predicted octanol–water partition coefficient (Wildman–Crippen LogP) is 2.37. The number of hydrogen-bond acceptors (Lipinski definition) is 5. The number of nitrogens with one attached hydrogen (secondary N) is 2. The first-order valence-corrected chi connectivity index (χ1v) is 9.33. The summed E-state index contributed by atoms with van der Waals surface area (Å²) in [5.74, 6) is -2.42. The molecule has 0 unspecified atom stereocenters. The SMILES string of the molecule is C[C@@H]1CCCN(c2nc3c(c(=O)[nH]2)[C@H](c2ccccc2F)[C@@H](C#N)C(=O)N3)C1. The van der Waals surface area contributed by atoms with E-state index in [-0.39, 0.29) is 16.9 Å². The second kappa shape index (κ2) is 7.08. The van der Waals surface area contributed by atoms with Crippen molar-refractivity contribution in [1.82, 2.24) is 9.97 Å². The van der Waals surface area contributed by atoms with Gasteiger partial charge in [0.05, 0.1) is 11.6 Å². The van der Waals surface area contributed by atoms with Crippen LogP contribution in [0.25, 0.3) is 0 Å². The molecule has 0 spiro atoms. The minimum absolute atomic E-state index is 0.0988. The van der Waals surface area contributed by atoms with Gasteiger partial charge in [0.15, 0.2) is 0 Å². The summed E-state index contributed by atoms with van der Waals surface area (Å²) in [5, 5.41) is 12.1. The molecule has 0 aliphatic carbocycles. The number of fused-ring (bicyclic) bond motifs is 1. The Bertz CT molecular complexity index is 1030. The Morgan fingerprint density at radius 1 is 1.32 bits per heavy atom. The first-order valence-electron chi connectivity index (χ1n) is 9.33. The Kier molecular flexibility index (Phi) is 4.59. The van der Waals surface area contributed by atoms with Crippen LogP contribution in [0.3, 0.4) is 0 Å². The van der Waals surface area contributed by atoms with Gasteiger partial charge in [0, 0.05) is 19.0 Å². The van der Waals surface area contributed by atoms with Gasteiger partial charge in [0.2, 0.25) is 11.9 Å². The molecule has 28 heavy (non-hydrogen) atoms. The number of halogens is 1. The number of aromatic nitrogens is 2. The van der Waals surface area contributed by atoms with E-state index in [9.17, 15) is 19.2 Å². The molecular formula is C20H20FN5O2. The van der Waals surface area contributed by atoms with Gasteiger partial charge in [-0.1, -0.05) is 25.1 Å². The fourth-order valence-corrected chi connectivity index (χ4v) is 4.09. The van der Waals surface area contributed by atoms with Crippen LogP contribution >= 0.6 is 0 Å². The Hall–Kier alpha value is -3.21. The van der Waals surface area contributed by atoms with Gasteiger partial charge in [-0.2, -0.15) is 10.2 Å². The van der Waals surface area contributed by atoms with Gasteiger partial charge in [-0.25, -0.2) is 4.39 Å². The molecule has 144 valence electrons. The quantitative estimate of drug-likeness (QED) is 0.832. The number of nitriles is 1. The monoisotopic (exact) mass is 381 g/mol. The zero-order valence-electron chi connectivity index (χ0n) is 15.4. The van der Waals surface area contributed by atoms with Crippen LogP contribution in [0.15, 0.2) is 29.1 Å². The van der Waals surface area contributed by atoms with E-state index < -0.39 is 29.1 Å². The summed E-state index contributed by atoms with van der Waals surface area (Å²) in [6, 6.07) is 7.79. The lowest BCUT2D eigenvalue weighted by atomic mass is 9.79. The molecule has 2 aliphatic heterocycles. The first-order chi connectivity index (χ1) is 13.5. The van der Waals surface area contributed by atoms with Gasteiger partial charge in [-0.05, 0) is 30.4 Å². The Balaban J connectivity index is 1.85. The van der Waals surface area contributed by atoms with Crippen molar-refractivity contribution in [3.8, 4) is 6.07 Å². The Morgan fingerprint density at radius 2 is 2.11 bits per heavy atom. The maximum absolute atomic E-state index is 14.5. The van der Waals surface area contributed by atoms with Crippen LogP contribution < -0.4 is 15.8 Å². The molecule has 0 radical (unpaired) electrons. The number of aromatic amines is 1. The highest BCUT2D eigenvalue weighted by Crippen LogP contribution is 2.39. The number of rotatable bonds is 2. The van der Waals surface area contributed by atoms with Crippen LogP contribution in [0.2, 0.25) is 0 Å². The molecule has 1 aromatic carbocycles. The lowest BCUT2D eigenvalue weighted by molar-refractivity contribution is -0.119. The summed E-state index contributed by atoms with van der Waals surface area (Å²) >= 11 is 0. The number of piperidine rings is 1. The van der Waals surface area contributed by atoms with E-state index in [0.29, 0.717) is 11.9 Å². The molecule has 1 saturated heterocycles. The molecule has 2 N–H and O–H groups in total. The van der Waals surface area contributed by atoms with Crippen molar-refractivity contribution in [3.05, 3.63) is 51.6 Å². The summed E-state index contributed by atoms with van der Waals surface area (Å²) in [7, 11) is 0. The van der Waals surface area contributed by atoms with E-state index in [0.717, 1.165) is 25.9 Å². The number of anilines is 2. The van der Waals surface area contributed by atoms with E-state index in [1.165, 1.54) is 18.2 Å². The number of amides is 1. The molecule has 0 bridgehead atoms. The van der Waals surface area contributed by atoms with Crippen molar-refractivity contribution in [3.63, 3.8) is 0 Å². The van der Waals surface area contributed by atoms with Crippen LogP contribution in [0.4, 0.5) is 16.2 Å². The Morgan fingerprint density at radius 3 is 2.82 bits per heavy atom. The smallest absolute Gasteiger partial charge is 0.258 e. The van der Waals surface area contributed by atoms with Gasteiger partial charge in [0.25, 0.3) is 5.56 Å².